The minimum atomic E-state index is -0.780. The predicted molar refractivity (Wildman–Crippen MR) is 143 cm³/mol. The van der Waals surface area contributed by atoms with Gasteiger partial charge in [0.25, 0.3) is 0 Å². The maximum atomic E-state index is 13.7. The third kappa shape index (κ3) is 6.13. The molecule has 0 aromatic heterocycles. The van der Waals surface area contributed by atoms with Crippen LogP contribution in [0.5, 0.6) is 0 Å². The molecule has 0 aliphatic carbocycles. The van der Waals surface area contributed by atoms with E-state index in [1.54, 1.807) is 0 Å². The van der Waals surface area contributed by atoms with Crippen molar-refractivity contribution in [3.05, 3.63) is 143 Å². The van der Waals surface area contributed by atoms with Gasteiger partial charge < -0.3 is 4.74 Å². The maximum Gasteiger partial charge on any atom is 0.332 e. The molecule has 4 aromatic rings. The van der Waals surface area contributed by atoms with E-state index < -0.39 is 11.6 Å². The van der Waals surface area contributed by atoms with E-state index in [1.807, 2.05) is 117 Å². The summed E-state index contributed by atoms with van der Waals surface area (Å²) in [7, 11) is 0. The lowest BCUT2D eigenvalue weighted by Gasteiger charge is -2.28. The Morgan fingerprint density at radius 3 is 1.77 bits per heavy atom. The van der Waals surface area contributed by atoms with Crippen molar-refractivity contribution >= 4 is 11.7 Å². The molecule has 3 heteroatoms. The average molecular weight is 462 g/mol. The van der Waals surface area contributed by atoms with Crippen molar-refractivity contribution in [3.63, 3.8) is 0 Å². The van der Waals surface area contributed by atoms with Gasteiger partial charge in [0.1, 0.15) is 5.60 Å². The number of ether oxygens (including phenoxy) is 1. The third-order valence-electron chi connectivity index (χ3n) is 6.15. The molecule has 0 saturated heterocycles. The first kappa shape index (κ1) is 24.2. The van der Waals surface area contributed by atoms with Gasteiger partial charge in [-0.15, -0.1) is 0 Å². The van der Waals surface area contributed by atoms with Gasteiger partial charge in [-0.3, -0.25) is 4.99 Å². The van der Waals surface area contributed by atoms with Crippen LogP contribution in [0.3, 0.4) is 0 Å². The van der Waals surface area contributed by atoms with E-state index in [0.29, 0.717) is 6.42 Å². The Morgan fingerprint density at radius 1 is 0.743 bits per heavy atom. The van der Waals surface area contributed by atoms with Crippen LogP contribution < -0.4 is 0 Å². The standard InChI is InChI=1S/C32H31NO2/c1-24-15-13-14-20-27(24)23-29(31(34)35-32(2,3)28-21-11-6-12-22-28)33-30(25-16-7-4-8-17-25)26-18-9-5-10-19-26/h4-22,29H,23H2,1-3H3/t29-/m1/s1. The van der Waals surface area contributed by atoms with Gasteiger partial charge >= 0.3 is 5.97 Å². The number of nitrogens with zero attached hydrogens (tertiary/aromatic N) is 1. The van der Waals surface area contributed by atoms with Gasteiger partial charge in [-0.1, -0.05) is 115 Å². The summed E-state index contributed by atoms with van der Waals surface area (Å²) >= 11 is 0. The summed E-state index contributed by atoms with van der Waals surface area (Å²) in [4.78, 5) is 18.8. The minimum absolute atomic E-state index is 0.341. The molecule has 0 amide bonds. The van der Waals surface area contributed by atoms with Gasteiger partial charge in [0, 0.05) is 17.5 Å². The summed E-state index contributed by atoms with van der Waals surface area (Å²) in [6, 6.07) is 37.2. The van der Waals surface area contributed by atoms with E-state index in [2.05, 4.69) is 19.1 Å². The molecule has 0 spiro atoms. The van der Waals surface area contributed by atoms with E-state index in [4.69, 9.17) is 9.73 Å². The lowest BCUT2D eigenvalue weighted by Crippen LogP contribution is -2.33. The van der Waals surface area contributed by atoms with Crippen molar-refractivity contribution < 1.29 is 9.53 Å². The smallest absolute Gasteiger partial charge is 0.332 e. The van der Waals surface area contributed by atoms with Crippen LogP contribution in [-0.4, -0.2) is 17.7 Å². The van der Waals surface area contributed by atoms with Crippen molar-refractivity contribution in [2.75, 3.05) is 0 Å². The molecule has 1 atom stereocenters. The Morgan fingerprint density at radius 2 is 1.23 bits per heavy atom. The largest absolute Gasteiger partial charge is 0.453 e. The zero-order chi connectivity index (χ0) is 24.7. The van der Waals surface area contributed by atoms with E-state index in [1.165, 1.54) is 0 Å². The van der Waals surface area contributed by atoms with Crippen LogP contribution in [0.15, 0.2) is 120 Å². The molecule has 0 aliphatic heterocycles. The second-order valence-electron chi connectivity index (χ2n) is 9.15. The van der Waals surface area contributed by atoms with Crippen LogP contribution >= 0.6 is 0 Å². The van der Waals surface area contributed by atoms with Crippen LogP contribution in [0, 0.1) is 6.92 Å². The normalized spacial score (nSPS) is 12.0. The quantitative estimate of drug-likeness (QED) is 0.211. The van der Waals surface area contributed by atoms with Gasteiger partial charge in [0.2, 0.25) is 0 Å². The Hall–Kier alpha value is -3.98. The Balaban J connectivity index is 1.76. The highest BCUT2D eigenvalue weighted by atomic mass is 16.6. The summed E-state index contributed by atoms with van der Waals surface area (Å²) < 4.78 is 6.12. The molecular weight excluding hydrogens is 430 g/mol. The van der Waals surface area contributed by atoms with Gasteiger partial charge in [-0.2, -0.15) is 0 Å². The van der Waals surface area contributed by atoms with Gasteiger partial charge in [-0.05, 0) is 37.5 Å². The number of benzene rings is 4. The fourth-order valence-corrected chi connectivity index (χ4v) is 4.11. The molecule has 0 aliphatic rings. The molecule has 0 bridgehead atoms. The number of aryl methyl sites for hydroxylation is 1. The van der Waals surface area contributed by atoms with E-state index in [0.717, 1.165) is 33.5 Å². The van der Waals surface area contributed by atoms with Crippen molar-refractivity contribution in [2.24, 2.45) is 4.99 Å². The van der Waals surface area contributed by atoms with Crippen LogP contribution in [-0.2, 0) is 21.6 Å². The molecule has 0 radical (unpaired) electrons. The maximum absolute atomic E-state index is 13.7. The molecule has 0 fully saturated rings. The summed E-state index contributed by atoms with van der Waals surface area (Å²) in [5.41, 5.74) is 5.07. The van der Waals surface area contributed by atoms with E-state index in [-0.39, 0.29) is 5.97 Å². The zero-order valence-electron chi connectivity index (χ0n) is 20.5. The fraction of sp³-hybridized carbons (Fsp3) is 0.188. The molecule has 176 valence electrons. The summed E-state index contributed by atoms with van der Waals surface area (Å²) in [6.45, 7) is 5.90. The van der Waals surface area contributed by atoms with Gasteiger partial charge in [0.05, 0.1) is 5.71 Å². The molecule has 0 N–H and O–H groups in total. The van der Waals surface area contributed by atoms with Crippen LogP contribution in [0.1, 0.15) is 41.7 Å². The zero-order valence-corrected chi connectivity index (χ0v) is 20.5. The summed E-state index contributed by atoms with van der Waals surface area (Å²) in [6.07, 6.45) is 0.458. The second-order valence-corrected chi connectivity index (χ2v) is 9.15. The van der Waals surface area contributed by atoms with Crippen LogP contribution in [0.2, 0.25) is 0 Å². The molecule has 4 rings (SSSR count). The molecule has 0 heterocycles. The van der Waals surface area contributed by atoms with Crippen molar-refractivity contribution in [1.82, 2.24) is 0 Å². The molecule has 3 nitrogen and oxygen atoms in total. The average Bonchev–Trinajstić information content (AvgIpc) is 2.89. The summed E-state index contributed by atoms with van der Waals surface area (Å²) in [5, 5.41) is 0. The highest BCUT2D eigenvalue weighted by Gasteiger charge is 2.30. The number of hydrogen-bond acceptors (Lipinski definition) is 3. The van der Waals surface area contributed by atoms with E-state index >= 15 is 0 Å². The molecule has 0 saturated carbocycles. The first-order valence-electron chi connectivity index (χ1n) is 12.0. The lowest BCUT2D eigenvalue weighted by atomic mass is 9.97. The SMILES string of the molecule is Cc1ccccc1C[C@@H](N=C(c1ccccc1)c1ccccc1)C(=O)OC(C)(C)c1ccccc1. The van der Waals surface area contributed by atoms with Crippen LogP contribution in [0.4, 0.5) is 0 Å². The highest BCUT2D eigenvalue weighted by molar-refractivity contribution is 6.13. The molecular formula is C32H31NO2. The minimum Gasteiger partial charge on any atom is -0.453 e. The fourth-order valence-electron chi connectivity index (χ4n) is 4.11. The number of hydrogen-bond donors (Lipinski definition) is 0. The Kier molecular flexibility index (Phi) is 7.57. The summed E-state index contributed by atoms with van der Waals surface area (Å²) in [5.74, 6) is -0.341. The number of aliphatic imine (C=N–C) groups is 1. The number of carbonyl (C=O) groups excluding carboxylic acids is 1. The second kappa shape index (κ2) is 11.0. The van der Waals surface area contributed by atoms with Crippen molar-refractivity contribution in [1.29, 1.82) is 0 Å². The van der Waals surface area contributed by atoms with E-state index in [9.17, 15) is 4.79 Å². The Labute approximate surface area is 208 Å². The predicted octanol–water partition coefficient (Wildman–Crippen LogP) is 6.92. The first-order chi connectivity index (χ1) is 16.9. The molecule has 0 unspecified atom stereocenters. The number of esters is 1. The Bertz CT molecular complexity index is 1240. The highest BCUT2D eigenvalue weighted by Crippen LogP contribution is 2.26. The third-order valence-corrected chi connectivity index (χ3v) is 6.15. The van der Waals surface area contributed by atoms with Gasteiger partial charge in [0.15, 0.2) is 6.04 Å². The number of carbonyl (C=O) groups is 1. The van der Waals surface area contributed by atoms with Crippen molar-refractivity contribution in [3.8, 4) is 0 Å². The van der Waals surface area contributed by atoms with Crippen molar-refractivity contribution in [2.45, 2.75) is 38.8 Å². The van der Waals surface area contributed by atoms with Gasteiger partial charge in [-0.25, -0.2) is 4.79 Å². The molecule has 35 heavy (non-hydrogen) atoms. The first-order valence-corrected chi connectivity index (χ1v) is 12.0. The monoisotopic (exact) mass is 461 g/mol. The van der Waals surface area contributed by atoms with Crippen LogP contribution in [0.25, 0.3) is 0 Å². The molecule has 4 aromatic carbocycles. The topological polar surface area (TPSA) is 38.7 Å². The lowest BCUT2D eigenvalue weighted by molar-refractivity contribution is -0.159. The number of rotatable bonds is 8.